The molecule has 1 aromatic carbocycles. The Kier molecular flexibility index (Phi) is 5.33. The maximum Gasteiger partial charge on any atom is 0.374 e. The molecular weight excluding hydrogens is 372 g/mol. The van der Waals surface area contributed by atoms with E-state index in [0.717, 1.165) is 24.0 Å². The van der Waals surface area contributed by atoms with Crippen molar-refractivity contribution in [1.29, 1.82) is 0 Å². The normalized spacial score (nSPS) is 14.0. The molecule has 0 atom stereocenters. The van der Waals surface area contributed by atoms with E-state index >= 15 is 0 Å². The van der Waals surface area contributed by atoms with Crippen molar-refractivity contribution in [1.82, 2.24) is 4.72 Å². The molecular formula is C18H20N2O6S. The minimum absolute atomic E-state index is 0.0794. The fourth-order valence-electron chi connectivity index (χ4n) is 2.33. The number of anilines is 1. The lowest BCUT2D eigenvalue weighted by atomic mass is 10.1. The molecule has 1 saturated carbocycles. The van der Waals surface area contributed by atoms with Crippen LogP contribution in [0.5, 0.6) is 0 Å². The molecule has 8 nitrogen and oxygen atoms in total. The number of furan rings is 1. The van der Waals surface area contributed by atoms with Gasteiger partial charge < -0.3 is 14.5 Å². The van der Waals surface area contributed by atoms with Gasteiger partial charge in [-0.3, -0.25) is 4.79 Å². The Bertz CT molecular complexity index is 975. The van der Waals surface area contributed by atoms with Crippen LogP contribution in [-0.4, -0.2) is 32.9 Å². The molecule has 1 aromatic heterocycles. The fourth-order valence-corrected chi connectivity index (χ4v) is 3.57. The molecule has 3 rings (SSSR count). The summed E-state index contributed by atoms with van der Waals surface area (Å²) in [5.41, 5.74) is 2.57. The third-order valence-electron chi connectivity index (χ3n) is 4.16. The van der Waals surface area contributed by atoms with Crippen LogP contribution in [0.3, 0.4) is 0 Å². The first-order chi connectivity index (χ1) is 12.8. The molecule has 27 heavy (non-hydrogen) atoms. The molecule has 144 valence electrons. The third-order valence-corrected chi connectivity index (χ3v) is 5.55. The van der Waals surface area contributed by atoms with Gasteiger partial charge in [0, 0.05) is 11.7 Å². The minimum atomic E-state index is -3.79. The van der Waals surface area contributed by atoms with Crippen molar-refractivity contribution in [3.63, 3.8) is 0 Å². The van der Waals surface area contributed by atoms with E-state index in [0.29, 0.717) is 5.69 Å². The molecule has 1 heterocycles. The number of amides is 1. The molecule has 9 heteroatoms. The zero-order chi connectivity index (χ0) is 19.6. The summed E-state index contributed by atoms with van der Waals surface area (Å²) < 4.78 is 36.5. The van der Waals surface area contributed by atoms with Gasteiger partial charge in [-0.1, -0.05) is 12.1 Å². The van der Waals surface area contributed by atoms with E-state index in [4.69, 9.17) is 9.15 Å². The first-order valence-electron chi connectivity index (χ1n) is 8.41. The number of carbonyl (C=O) groups excluding carboxylic acids is 2. The highest BCUT2D eigenvalue weighted by molar-refractivity contribution is 7.89. The predicted octanol–water partition coefficient (Wildman–Crippen LogP) is 2.13. The standard InChI is InChI=1S/C18H20N2O6S/c1-11-4-3-5-14(12(11)2)19-16(21)10-25-18(22)15-8-9-17(26-15)27(23,24)20-13-6-7-13/h3-5,8-9,13,20H,6-7,10H2,1-2H3,(H,19,21). The Labute approximate surface area is 156 Å². The number of nitrogens with one attached hydrogen (secondary N) is 2. The Hall–Kier alpha value is -2.65. The molecule has 0 bridgehead atoms. The molecule has 0 spiro atoms. The van der Waals surface area contributed by atoms with Gasteiger partial charge in [-0.05, 0) is 56.0 Å². The summed E-state index contributed by atoms with van der Waals surface area (Å²) in [6.45, 7) is 3.28. The van der Waals surface area contributed by atoms with E-state index in [1.54, 1.807) is 6.07 Å². The Balaban J connectivity index is 1.56. The molecule has 1 aliphatic carbocycles. The first-order valence-corrected chi connectivity index (χ1v) is 9.90. The van der Waals surface area contributed by atoms with E-state index in [1.165, 1.54) is 12.1 Å². The number of ether oxygens (including phenoxy) is 1. The summed E-state index contributed by atoms with van der Waals surface area (Å²) in [5.74, 6) is -1.71. The zero-order valence-corrected chi connectivity index (χ0v) is 15.8. The lowest BCUT2D eigenvalue weighted by Gasteiger charge is -2.10. The van der Waals surface area contributed by atoms with Crippen LogP contribution >= 0.6 is 0 Å². The average molecular weight is 392 g/mol. The highest BCUT2D eigenvalue weighted by Gasteiger charge is 2.30. The largest absolute Gasteiger partial charge is 0.450 e. The highest BCUT2D eigenvalue weighted by atomic mass is 32.2. The molecule has 2 N–H and O–H groups in total. The Morgan fingerprint density at radius 1 is 1.19 bits per heavy atom. The van der Waals surface area contributed by atoms with Gasteiger partial charge in [0.1, 0.15) is 0 Å². The number of hydrogen-bond donors (Lipinski definition) is 2. The van der Waals surface area contributed by atoms with Crippen LogP contribution in [-0.2, 0) is 19.6 Å². The van der Waals surface area contributed by atoms with Crippen molar-refractivity contribution in [2.24, 2.45) is 0 Å². The Morgan fingerprint density at radius 3 is 2.63 bits per heavy atom. The van der Waals surface area contributed by atoms with Gasteiger partial charge in [-0.25, -0.2) is 17.9 Å². The topological polar surface area (TPSA) is 115 Å². The van der Waals surface area contributed by atoms with Crippen LogP contribution < -0.4 is 10.0 Å². The van der Waals surface area contributed by atoms with Crippen LogP contribution in [0.15, 0.2) is 39.8 Å². The van der Waals surface area contributed by atoms with Crippen molar-refractivity contribution in [2.45, 2.75) is 37.8 Å². The van der Waals surface area contributed by atoms with Crippen molar-refractivity contribution < 1.29 is 27.2 Å². The predicted molar refractivity (Wildman–Crippen MR) is 96.9 cm³/mol. The van der Waals surface area contributed by atoms with Crippen LogP contribution in [0.25, 0.3) is 0 Å². The van der Waals surface area contributed by atoms with E-state index in [-0.39, 0.29) is 16.9 Å². The van der Waals surface area contributed by atoms with Crippen LogP contribution in [0, 0.1) is 13.8 Å². The smallest absolute Gasteiger partial charge is 0.374 e. The SMILES string of the molecule is Cc1cccc(NC(=O)COC(=O)c2ccc(S(=O)(=O)NC3CC3)o2)c1C. The highest BCUT2D eigenvalue weighted by Crippen LogP contribution is 2.23. The summed E-state index contributed by atoms with van der Waals surface area (Å²) in [5, 5.41) is 2.30. The van der Waals surface area contributed by atoms with Crippen molar-refractivity contribution in [3.8, 4) is 0 Å². The van der Waals surface area contributed by atoms with Crippen molar-refractivity contribution in [3.05, 3.63) is 47.2 Å². The summed E-state index contributed by atoms with van der Waals surface area (Å²) in [6, 6.07) is 7.78. The maximum atomic E-state index is 12.0. The second-order valence-electron chi connectivity index (χ2n) is 6.39. The van der Waals surface area contributed by atoms with Gasteiger partial charge in [0.25, 0.3) is 15.9 Å². The third kappa shape index (κ3) is 4.75. The number of benzene rings is 1. The Morgan fingerprint density at radius 2 is 1.93 bits per heavy atom. The molecule has 1 amide bonds. The summed E-state index contributed by atoms with van der Waals surface area (Å²) in [4.78, 5) is 24.0. The number of sulfonamides is 1. The van der Waals surface area contributed by atoms with E-state index in [9.17, 15) is 18.0 Å². The molecule has 0 radical (unpaired) electrons. The number of carbonyl (C=O) groups is 2. The molecule has 0 unspecified atom stereocenters. The van der Waals surface area contributed by atoms with Crippen LogP contribution in [0.4, 0.5) is 5.69 Å². The molecule has 1 fully saturated rings. The van der Waals surface area contributed by atoms with E-state index in [2.05, 4.69) is 10.0 Å². The van der Waals surface area contributed by atoms with Gasteiger partial charge in [-0.15, -0.1) is 0 Å². The van der Waals surface area contributed by atoms with Crippen molar-refractivity contribution in [2.75, 3.05) is 11.9 Å². The fraction of sp³-hybridized carbons (Fsp3) is 0.333. The molecule has 0 aliphatic heterocycles. The minimum Gasteiger partial charge on any atom is -0.450 e. The first kappa shape index (κ1) is 19.1. The lowest BCUT2D eigenvalue weighted by molar-refractivity contribution is -0.119. The van der Waals surface area contributed by atoms with Gasteiger partial charge in [0.15, 0.2) is 6.61 Å². The van der Waals surface area contributed by atoms with Gasteiger partial charge >= 0.3 is 5.97 Å². The molecule has 2 aromatic rings. The zero-order valence-electron chi connectivity index (χ0n) is 14.9. The number of hydrogen-bond acceptors (Lipinski definition) is 6. The van der Waals surface area contributed by atoms with Gasteiger partial charge in [0.2, 0.25) is 10.9 Å². The van der Waals surface area contributed by atoms with E-state index < -0.39 is 28.5 Å². The molecule has 0 saturated heterocycles. The maximum absolute atomic E-state index is 12.0. The second-order valence-corrected chi connectivity index (χ2v) is 8.03. The summed E-state index contributed by atoms with van der Waals surface area (Å²) in [6.07, 6.45) is 1.56. The monoisotopic (exact) mass is 392 g/mol. The second kappa shape index (κ2) is 7.53. The van der Waals surface area contributed by atoms with Gasteiger partial charge in [0.05, 0.1) is 0 Å². The van der Waals surface area contributed by atoms with Crippen LogP contribution in [0.1, 0.15) is 34.5 Å². The number of esters is 1. The average Bonchev–Trinajstić information content (AvgIpc) is 3.25. The summed E-state index contributed by atoms with van der Waals surface area (Å²) >= 11 is 0. The van der Waals surface area contributed by atoms with E-state index in [1.807, 2.05) is 26.0 Å². The molecule has 1 aliphatic rings. The summed E-state index contributed by atoms with van der Waals surface area (Å²) in [7, 11) is -3.79. The lowest BCUT2D eigenvalue weighted by Crippen LogP contribution is -2.25. The number of aryl methyl sites for hydroxylation is 1. The van der Waals surface area contributed by atoms with Crippen LogP contribution in [0.2, 0.25) is 0 Å². The number of rotatable bonds is 7. The van der Waals surface area contributed by atoms with Gasteiger partial charge in [-0.2, -0.15) is 0 Å². The van der Waals surface area contributed by atoms with Crippen molar-refractivity contribution >= 4 is 27.6 Å². The quantitative estimate of drug-likeness (QED) is 0.698.